The van der Waals surface area contributed by atoms with Gasteiger partial charge in [-0.3, -0.25) is 4.79 Å². The van der Waals surface area contributed by atoms with Crippen LogP contribution in [0.1, 0.15) is 44.6 Å². The molecule has 1 aromatic rings. The van der Waals surface area contributed by atoms with Gasteiger partial charge in [-0.25, -0.2) is 0 Å². The molecule has 0 fully saturated rings. The zero-order chi connectivity index (χ0) is 10.4. The molecule has 1 rings (SSSR count). The first-order valence-electron chi connectivity index (χ1n) is 5.37. The van der Waals surface area contributed by atoms with E-state index in [2.05, 4.69) is 6.92 Å². The zero-order valence-electron chi connectivity index (χ0n) is 8.99. The molecule has 0 amide bonds. The van der Waals surface area contributed by atoms with Crippen LogP contribution >= 0.6 is 0 Å². The summed E-state index contributed by atoms with van der Waals surface area (Å²) in [6, 6.07) is 10.1. The minimum atomic E-state index is 0.117. The first-order chi connectivity index (χ1) is 6.79. The maximum Gasteiger partial charge on any atom is 0.140 e. The van der Waals surface area contributed by atoms with Crippen LogP contribution < -0.4 is 0 Å². The first kappa shape index (κ1) is 11.0. The lowest BCUT2D eigenvalue weighted by Gasteiger charge is -2.14. The average molecular weight is 190 g/mol. The van der Waals surface area contributed by atoms with Crippen molar-refractivity contribution in [1.82, 2.24) is 0 Å². The Labute approximate surface area is 86.1 Å². The number of carbonyl (C=O) groups excluding carboxylic acids is 1. The number of carbonyl (C=O) groups is 1. The molecule has 76 valence electrons. The van der Waals surface area contributed by atoms with Gasteiger partial charge in [-0.15, -0.1) is 0 Å². The van der Waals surface area contributed by atoms with Crippen LogP contribution in [-0.4, -0.2) is 5.78 Å². The smallest absolute Gasteiger partial charge is 0.140 e. The van der Waals surface area contributed by atoms with Crippen molar-refractivity contribution < 1.29 is 4.79 Å². The summed E-state index contributed by atoms with van der Waals surface area (Å²) in [4.78, 5) is 11.7. The molecule has 0 aliphatic heterocycles. The standard InChI is InChI=1S/C13H18O/c1-3-8-12(13(14)4-2)11-9-6-5-7-10-11/h5-7,9-10,12H,3-4,8H2,1-2H3/t12-/m0/s1. The molecule has 0 bridgehead atoms. The maximum absolute atomic E-state index is 11.7. The first-order valence-corrected chi connectivity index (χ1v) is 5.37. The predicted molar refractivity (Wildman–Crippen MR) is 59.4 cm³/mol. The molecule has 0 saturated heterocycles. The van der Waals surface area contributed by atoms with Crippen molar-refractivity contribution in [2.75, 3.05) is 0 Å². The zero-order valence-corrected chi connectivity index (χ0v) is 8.99. The SMILES string of the molecule is CCC[C@H](C(=O)CC)c1ccccc1. The quantitative estimate of drug-likeness (QED) is 0.694. The molecule has 0 aliphatic carbocycles. The van der Waals surface area contributed by atoms with Crippen LogP contribution in [0.4, 0.5) is 0 Å². The topological polar surface area (TPSA) is 17.1 Å². The summed E-state index contributed by atoms with van der Waals surface area (Å²) in [6.07, 6.45) is 2.67. The Hall–Kier alpha value is -1.11. The van der Waals surface area contributed by atoms with Gasteiger partial charge in [0, 0.05) is 12.3 Å². The third-order valence-electron chi connectivity index (χ3n) is 2.52. The molecule has 14 heavy (non-hydrogen) atoms. The highest BCUT2D eigenvalue weighted by Gasteiger charge is 2.16. The van der Waals surface area contributed by atoms with E-state index in [1.54, 1.807) is 0 Å². The van der Waals surface area contributed by atoms with E-state index in [-0.39, 0.29) is 5.92 Å². The lowest BCUT2D eigenvalue weighted by molar-refractivity contribution is -0.120. The van der Waals surface area contributed by atoms with Crippen molar-refractivity contribution in [1.29, 1.82) is 0 Å². The molecule has 0 N–H and O–H groups in total. The Kier molecular flexibility index (Phi) is 4.37. The summed E-state index contributed by atoms with van der Waals surface area (Å²) in [5.74, 6) is 0.476. The second-order valence-corrected chi connectivity index (χ2v) is 3.57. The van der Waals surface area contributed by atoms with Gasteiger partial charge in [-0.1, -0.05) is 50.6 Å². The second kappa shape index (κ2) is 5.58. The van der Waals surface area contributed by atoms with Gasteiger partial charge < -0.3 is 0 Å². The molecule has 0 aliphatic rings. The molecular weight excluding hydrogens is 172 g/mol. The molecule has 1 heteroatoms. The van der Waals surface area contributed by atoms with E-state index in [1.165, 1.54) is 5.56 Å². The van der Waals surface area contributed by atoms with E-state index in [1.807, 2.05) is 37.3 Å². The number of Topliss-reactive ketones (excluding diaryl/α,β-unsaturated/α-hetero) is 1. The fourth-order valence-corrected chi connectivity index (χ4v) is 1.73. The normalized spacial score (nSPS) is 12.4. The molecule has 0 unspecified atom stereocenters. The molecule has 1 atom stereocenters. The summed E-state index contributed by atoms with van der Waals surface area (Å²) in [6.45, 7) is 4.06. The fraction of sp³-hybridized carbons (Fsp3) is 0.462. The van der Waals surface area contributed by atoms with E-state index in [9.17, 15) is 4.79 Å². The van der Waals surface area contributed by atoms with E-state index in [0.29, 0.717) is 12.2 Å². The summed E-state index contributed by atoms with van der Waals surface area (Å²) >= 11 is 0. The summed E-state index contributed by atoms with van der Waals surface area (Å²) in [7, 11) is 0. The minimum Gasteiger partial charge on any atom is -0.299 e. The van der Waals surface area contributed by atoms with Crippen LogP contribution in [0, 0.1) is 0 Å². The van der Waals surface area contributed by atoms with Gasteiger partial charge >= 0.3 is 0 Å². The van der Waals surface area contributed by atoms with Gasteiger partial charge in [0.05, 0.1) is 0 Å². The number of ketones is 1. The third kappa shape index (κ3) is 2.69. The van der Waals surface area contributed by atoms with Crippen molar-refractivity contribution in [3.8, 4) is 0 Å². The molecule has 0 spiro atoms. The molecule has 1 aromatic carbocycles. The van der Waals surface area contributed by atoms with Gasteiger partial charge in [0.1, 0.15) is 5.78 Å². The van der Waals surface area contributed by atoms with Gasteiger partial charge in [-0.2, -0.15) is 0 Å². The molecular formula is C13H18O. The lowest BCUT2D eigenvalue weighted by atomic mass is 9.89. The van der Waals surface area contributed by atoms with Gasteiger partial charge in [0.25, 0.3) is 0 Å². The maximum atomic E-state index is 11.7. The largest absolute Gasteiger partial charge is 0.299 e. The number of rotatable bonds is 5. The summed E-state index contributed by atoms with van der Waals surface area (Å²) in [5, 5.41) is 0. The number of hydrogen-bond acceptors (Lipinski definition) is 1. The Balaban J connectivity index is 2.83. The van der Waals surface area contributed by atoms with Crippen LogP contribution in [0.5, 0.6) is 0 Å². The molecule has 0 saturated carbocycles. The van der Waals surface area contributed by atoms with E-state index < -0.39 is 0 Å². The van der Waals surface area contributed by atoms with Crippen molar-refractivity contribution in [2.45, 2.75) is 39.0 Å². The van der Waals surface area contributed by atoms with Gasteiger partial charge in [-0.05, 0) is 12.0 Å². The highest BCUT2D eigenvalue weighted by Crippen LogP contribution is 2.23. The van der Waals surface area contributed by atoms with Crippen LogP contribution in [0.25, 0.3) is 0 Å². The molecule has 1 nitrogen and oxygen atoms in total. The molecule has 0 radical (unpaired) electrons. The monoisotopic (exact) mass is 190 g/mol. The van der Waals surface area contributed by atoms with Crippen molar-refractivity contribution in [3.63, 3.8) is 0 Å². The molecule has 0 aromatic heterocycles. The Morgan fingerprint density at radius 3 is 2.36 bits per heavy atom. The Bertz CT molecular complexity index is 277. The summed E-state index contributed by atoms with van der Waals surface area (Å²) < 4.78 is 0. The van der Waals surface area contributed by atoms with Crippen LogP contribution in [0.15, 0.2) is 30.3 Å². The highest BCUT2D eigenvalue weighted by molar-refractivity contribution is 5.85. The highest BCUT2D eigenvalue weighted by atomic mass is 16.1. The Morgan fingerprint density at radius 1 is 1.21 bits per heavy atom. The van der Waals surface area contributed by atoms with Crippen LogP contribution in [0.3, 0.4) is 0 Å². The predicted octanol–water partition coefficient (Wildman–Crippen LogP) is 3.55. The van der Waals surface area contributed by atoms with Gasteiger partial charge in [0.2, 0.25) is 0 Å². The molecule has 0 heterocycles. The second-order valence-electron chi connectivity index (χ2n) is 3.57. The number of benzene rings is 1. The van der Waals surface area contributed by atoms with Crippen molar-refractivity contribution >= 4 is 5.78 Å². The Morgan fingerprint density at radius 2 is 1.86 bits per heavy atom. The average Bonchev–Trinajstić information content (AvgIpc) is 2.26. The van der Waals surface area contributed by atoms with Crippen molar-refractivity contribution in [2.24, 2.45) is 0 Å². The summed E-state index contributed by atoms with van der Waals surface area (Å²) in [5.41, 5.74) is 1.17. The van der Waals surface area contributed by atoms with E-state index in [4.69, 9.17) is 0 Å². The van der Waals surface area contributed by atoms with E-state index >= 15 is 0 Å². The van der Waals surface area contributed by atoms with Crippen molar-refractivity contribution in [3.05, 3.63) is 35.9 Å². The van der Waals surface area contributed by atoms with Crippen LogP contribution in [-0.2, 0) is 4.79 Å². The van der Waals surface area contributed by atoms with E-state index in [0.717, 1.165) is 12.8 Å². The van der Waals surface area contributed by atoms with Gasteiger partial charge in [0.15, 0.2) is 0 Å². The lowest BCUT2D eigenvalue weighted by Crippen LogP contribution is -2.11. The minimum absolute atomic E-state index is 0.117. The number of hydrogen-bond donors (Lipinski definition) is 0. The van der Waals surface area contributed by atoms with Crippen LogP contribution in [0.2, 0.25) is 0 Å². The fourth-order valence-electron chi connectivity index (χ4n) is 1.73. The third-order valence-corrected chi connectivity index (χ3v) is 2.52.